The van der Waals surface area contributed by atoms with E-state index in [4.69, 9.17) is 4.74 Å². The van der Waals surface area contributed by atoms with Crippen LogP contribution in [0.2, 0.25) is 0 Å². The summed E-state index contributed by atoms with van der Waals surface area (Å²) in [6.07, 6.45) is -0.508. The summed E-state index contributed by atoms with van der Waals surface area (Å²) in [6, 6.07) is 12.9. The Balaban J connectivity index is 1.44. The second-order valence-corrected chi connectivity index (χ2v) is 7.10. The van der Waals surface area contributed by atoms with Crippen LogP contribution in [0.5, 0.6) is 5.75 Å². The molecule has 140 valence electrons. The highest BCUT2D eigenvalue weighted by molar-refractivity contribution is 5.47. The molecule has 0 bridgehead atoms. The van der Waals surface area contributed by atoms with Gasteiger partial charge in [-0.3, -0.25) is 0 Å². The number of aliphatic hydroxyl groups excluding tert-OH is 1. The lowest BCUT2D eigenvalue weighted by Crippen LogP contribution is -3.16. The molecule has 2 aromatic carbocycles. The Morgan fingerprint density at radius 1 is 1.12 bits per heavy atom. The third-order valence-corrected chi connectivity index (χ3v) is 5.11. The van der Waals surface area contributed by atoms with Crippen molar-refractivity contribution in [1.29, 1.82) is 0 Å². The summed E-state index contributed by atoms with van der Waals surface area (Å²) >= 11 is 0. The minimum Gasteiger partial charge on any atom is -0.491 e. The number of piperazine rings is 1. The predicted octanol–water partition coefficient (Wildman–Crippen LogP) is 1.59. The molecule has 0 aromatic heterocycles. The summed E-state index contributed by atoms with van der Waals surface area (Å²) in [5.41, 5.74) is 3.09. The van der Waals surface area contributed by atoms with Gasteiger partial charge in [0.25, 0.3) is 0 Å². The van der Waals surface area contributed by atoms with E-state index >= 15 is 0 Å². The Hall–Kier alpha value is -2.11. The highest BCUT2D eigenvalue weighted by atomic mass is 19.1. The van der Waals surface area contributed by atoms with Gasteiger partial charge in [-0.2, -0.15) is 0 Å². The molecule has 0 spiro atoms. The second-order valence-electron chi connectivity index (χ2n) is 7.10. The van der Waals surface area contributed by atoms with Gasteiger partial charge in [-0.05, 0) is 49.2 Å². The minimum absolute atomic E-state index is 0.169. The Labute approximate surface area is 154 Å². The molecule has 3 rings (SSSR count). The zero-order chi connectivity index (χ0) is 18.5. The van der Waals surface area contributed by atoms with E-state index in [0.29, 0.717) is 18.8 Å². The summed E-state index contributed by atoms with van der Waals surface area (Å²) < 4.78 is 19.6. The van der Waals surface area contributed by atoms with Crippen LogP contribution in [-0.2, 0) is 0 Å². The molecule has 0 amide bonds. The molecule has 4 nitrogen and oxygen atoms in total. The fraction of sp³-hybridized carbons (Fsp3) is 0.429. The van der Waals surface area contributed by atoms with E-state index in [1.807, 2.05) is 30.3 Å². The maximum absolute atomic E-state index is 13.9. The van der Waals surface area contributed by atoms with Crippen molar-refractivity contribution in [3.8, 4) is 5.75 Å². The smallest absolute Gasteiger partial charge is 0.146 e. The number of anilines is 1. The Kier molecular flexibility index (Phi) is 6.12. The lowest BCUT2D eigenvalue weighted by atomic mass is 10.1. The molecule has 2 N–H and O–H groups in total. The number of hydrogen-bond donors (Lipinski definition) is 2. The Bertz CT molecular complexity index is 730. The van der Waals surface area contributed by atoms with Crippen LogP contribution < -0.4 is 14.5 Å². The number of quaternary nitrogens is 1. The quantitative estimate of drug-likeness (QED) is 0.823. The molecule has 1 aliphatic heterocycles. The number of nitrogens with one attached hydrogen (secondary N) is 1. The third-order valence-electron chi connectivity index (χ3n) is 5.11. The second kappa shape index (κ2) is 8.52. The fourth-order valence-corrected chi connectivity index (χ4v) is 3.36. The van der Waals surface area contributed by atoms with Gasteiger partial charge in [0.2, 0.25) is 0 Å². The van der Waals surface area contributed by atoms with Crippen molar-refractivity contribution in [3.05, 3.63) is 59.4 Å². The fourth-order valence-electron chi connectivity index (χ4n) is 3.36. The SMILES string of the molecule is Cc1ccc(OC[C@H](O)C[NH+]2CCN(c3ccccc3F)CC2)cc1C. The monoisotopic (exact) mass is 359 g/mol. The van der Waals surface area contributed by atoms with Crippen molar-refractivity contribution in [2.45, 2.75) is 20.0 Å². The van der Waals surface area contributed by atoms with Gasteiger partial charge >= 0.3 is 0 Å². The lowest BCUT2D eigenvalue weighted by Gasteiger charge is -2.34. The number of nitrogens with zero attached hydrogens (tertiary/aromatic N) is 1. The van der Waals surface area contributed by atoms with Crippen molar-refractivity contribution >= 4 is 5.69 Å². The number of rotatable bonds is 6. The van der Waals surface area contributed by atoms with Crippen molar-refractivity contribution in [1.82, 2.24) is 0 Å². The first-order valence-corrected chi connectivity index (χ1v) is 9.24. The molecule has 0 saturated carbocycles. The van der Waals surface area contributed by atoms with Crippen molar-refractivity contribution in [3.63, 3.8) is 0 Å². The number of halogens is 1. The van der Waals surface area contributed by atoms with Crippen LogP contribution in [0.25, 0.3) is 0 Å². The summed E-state index contributed by atoms with van der Waals surface area (Å²) in [5.74, 6) is 0.629. The topological polar surface area (TPSA) is 37.1 Å². The number of ether oxygens (including phenoxy) is 1. The summed E-state index contributed by atoms with van der Waals surface area (Å²) in [4.78, 5) is 3.41. The van der Waals surface area contributed by atoms with Crippen LogP contribution in [0.3, 0.4) is 0 Å². The van der Waals surface area contributed by atoms with Gasteiger partial charge in [0.05, 0.1) is 31.9 Å². The molecule has 0 radical (unpaired) electrons. The maximum atomic E-state index is 13.9. The van der Waals surface area contributed by atoms with Gasteiger partial charge in [0, 0.05) is 0 Å². The number of para-hydroxylation sites is 1. The van der Waals surface area contributed by atoms with Gasteiger partial charge < -0.3 is 19.6 Å². The van der Waals surface area contributed by atoms with E-state index in [1.54, 1.807) is 6.07 Å². The number of aryl methyl sites for hydroxylation is 2. The number of hydrogen-bond acceptors (Lipinski definition) is 3. The maximum Gasteiger partial charge on any atom is 0.146 e. The molecule has 1 saturated heterocycles. The first-order chi connectivity index (χ1) is 12.5. The molecule has 26 heavy (non-hydrogen) atoms. The highest BCUT2D eigenvalue weighted by Gasteiger charge is 2.24. The van der Waals surface area contributed by atoms with Crippen LogP contribution in [0.4, 0.5) is 10.1 Å². The van der Waals surface area contributed by atoms with Gasteiger partial charge in [-0.25, -0.2) is 4.39 Å². The molecule has 0 unspecified atom stereocenters. The Morgan fingerprint density at radius 3 is 2.54 bits per heavy atom. The van der Waals surface area contributed by atoms with Crippen LogP contribution in [0.1, 0.15) is 11.1 Å². The molecule has 1 aliphatic rings. The summed E-state index contributed by atoms with van der Waals surface area (Å²) in [7, 11) is 0. The van der Waals surface area contributed by atoms with Crippen molar-refractivity contribution in [2.75, 3.05) is 44.2 Å². The molecule has 1 fully saturated rings. The zero-order valence-electron chi connectivity index (χ0n) is 15.5. The van der Waals surface area contributed by atoms with E-state index in [1.165, 1.54) is 22.1 Å². The van der Waals surface area contributed by atoms with E-state index in [-0.39, 0.29) is 5.82 Å². The highest BCUT2D eigenvalue weighted by Crippen LogP contribution is 2.18. The molecular weight excluding hydrogens is 331 g/mol. The van der Waals surface area contributed by atoms with Gasteiger partial charge in [0.15, 0.2) is 0 Å². The molecular formula is C21H28FN2O2+. The van der Waals surface area contributed by atoms with E-state index in [9.17, 15) is 9.50 Å². The first-order valence-electron chi connectivity index (χ1n) is 9.24. The normalized spacial score (nSPS) is 16.5. The Morgan fingerprint density at radius 2 is 1.85 bits per heavy atom. The van der Waals surface area contributed by atoms with Crippen molar-refractivity contribution in [2.24, 2.45) is 0 Å². The lowest BCUT2D eigenvalue weighted by molar-refractivity contribution is -0.903. The zero-order valence-corrected chi connectivity index (χ0v) is 15.5. The van der Waals surface area contributed by atoms with E-state index in [0.717, 1.165) is 31.9 Å². The molecule has 1 atom stereocenters. The van der Waals surface area contributed by atoms with E-state index in [2.05, 4.69) is 18.7 Å². The van der Waals surface area contributed by atoms with Gasteiger partial charge in [-0.15, -0.1) is 0 Å². The summed E-state index contributed by atoms with van der Waals surface area (Å²) in [6.45, 7) is 8.42. The minimum atomic E-state index is -0.508. The third kappa shape index (κ3) is 4.74. The number of benzene rings is 2. The molecule has 0 aliphatic carbocycles. The predicted molar refractivity (Wildman–Crippen MR) is 102 cm³/mol. The van der Waals surface area contributed by atoms with Crippen molar-refractivity contribution < 1.29 is 19.1 Å². The van der Waals surface area contributed by atoms with Crippen LogP contribution in [0.15, 0.2) is 42.5 Å². The average Bonchev–Trinajstić information content (AvgIpc) is 2.64. The molecule has 1 heterocycles. The summed E-state index contributed by atoms with van der Waals surface area (Å²) in [5, 5.41) is 10.3. The van der Waals surface area contributed by atoms with Crippen LogP contribution >= 0.6 is 0 Å². The van der Waals surface area contributed by atoms with Gasteiger partial charge in [-0.1, -0.05) is 18.2 Å². The van der Waals surface area contributed by atoms with Gasteiger partial charge in [0.1, 0.15) is 30.8 Å². The largest absolute Gasteiger partial charge is 0.491 e. The molecule has 5 heteroatoms. The van der Waals surface area contributed by atoms with Crippen LogP contribution in [0, 0.1) is 19.7 Å². The molecule has 2 aromatic rings. The van der Waals surface area contributed by atoms with E-state index < -0.39 is 6.10 Å². The average molecular weight is 359 g/mol. The standard InChI is InChI=1S/C21H27FN2O2/c1-16-7-8-19(13-17(16)2)26-15-18(25)14-23-9-11-24(12-10-23)21-6-4-3-5-20(21)22/h3-8,13,18,25H,9-12,14-15H2,1-2H3/p+1/t18-/m1/s1. The first kappa shape index (κ1) is 18.7. The number of aliphatic hydroxyl groups is 1. The van der Waals surface area contributed by atoms with Crippen LogP contribution in [-0.4, -0.2) is 50.5 Å².